The maximum atomic E-state index is 10.9. The van der Waals surface area contributed by atoms with Gasteiger partial charge >= 0.3 is 0 Å². The van der Waals surface area contributed by atoms with Gasteiger partial charge in [0, 0.05) is 12.5 Å². The van der Waals surface area contributed by atoms with Crippen LogP contribution >= 0.6 is 0 Å². The summed E-state index contributed by atoms with van der Waals surface area (Å²) in [4.78, 5) is 13.4. The molecule has 3 N–H and O–H groups in total. The maximum Gasteiger partial charge on any atom is 0.217 e. The van der Waals surface area contributed by atoms with Gasteiger partial charge in [0.2, 0.25) is 5.91 Å². The van der Waals surface area contributed by atoms with E-state index in [2.05, 4.69) is 4.90 Å². The second-order valence-corrected chi connectivity index (χ2v) is 5.61. The van der Waals surface area contributed by atoms with Crippen molar-refractivity contribution in [3.63, 3.8) is 0 Å². The SMILES string of the molecule is NC(=O)CC1CCN(C2CCC(O)CC2)CC1. The van der Waals surface area contributed by atoms with Crippen molar-refractivity contribution in [1.82, 2.24) is 4.90 Å². The van der Waals surface area contributed by atoms with Crippen LogP contribution in [0.15, 0.2) is 0 Å². The molecule has 0 unspecified atom stereocenters. The van der Waals surface area contributed by atoms with Gasteiger partial charge < -0.3 is 15.7 Å². The Labute approximate surface area is 103 Å². The molecule has 0 aromatic carbocycles. The number of amides is 1. The Hall–Kier alpha value is -0.610. The fourth-order valence-corrected chi connectivity index (χ4v) is 3.23. The van der Waals surface area contributed by atoms with E-state index < -0.39 is 0 Å². The van der Waals surface area contributed by atoms with Gasteiger partial charge in [0.05, 0.1) is 6.10 Å². The third-order valence-electron chi connectivity index (χ3n) is 4.32. The summed E-state index contributed by atoms with van der Waals surface area (Å²) < 4.78 is 0. The van der Waals surface area contributed by atoms with Crippen molar-refractivity contribution in [2.75, 3.05) is 13.1 Å². The van der Waals surface area contributed by atoms with Gasteiger partial charge in [0.25, 0.3) is 0 Å². The quantitative estimate of drug-likeness (QED) is 0.769. The zero-order valence-electron chi connectivity index (χ0n) is 10.5. The summed E-state index contributed by atoms with van der Waals surface area (Å²) >= 11 is 0. The van der Waals surface area contributed by atoms with Crippen molar-refractivity contribution in [3.05, 3.63) is 0 Å². The molecule has 1 saturated heterocycles. The lowest BCUT2D eigenvalue weighted by Crippen LogP contribution is -2.44. The van der Waals surface area contributed by atoms with Crippen LogP contribution in [0.3, 0.4) is 0 Å². The molecule has 98 valence electrons. The molecule has 4 heteroatoms. The largest absolute Gasteiger partial charge is 0.393 e. The Bertz CT molecular complexity index is 254. The second-order valence-electron chi connectivity index (χ2n) is 5.61. The smallest absolute Gasteiger partial charge is 0.217 e. The van der Waals surface area contributed by atoms with Crippen LogP contribution in [0, 0.1) is 5.92 Å². The summed E-state index contributed by atoms with van der Waals surface area (Å²) in [6.07, 6.45) is 6.83. The monoisotopic (exact) mass is 240 g/mol. The van der Waals surface area contributed by atoms with Crippen molar-refractivity contribution in [1.29, 1.82) is 0 Å². The first kappa shape index (κ1) is 12.8. The normalized spacial score (nSPS) is 32.5. The van der Waals surface area contributed by atoms with E-state index >= 15 is 0 Å². The zero-order chi connectivity index (χ0) is 12.3. The Kier molecular flexibility index (Phi) is 4.40. The molecule has 0 spiro atoms. The Morgan fingerprint density at radius 2 is 1.71 bits per heavy atom. The van der Waals surface area contributed by atoms with E-state index in [1.54, 1.807) is 0 Å². The average Bonchev–Trinajstić information content (AvgIpc) is 2.30. The Morgan fingerprint density at radius 3 is 2.24 bits per heavy atom. The third kappa shape index (κ3) is 3.68. The Balaban J connectivity index is 1.73. The number of hydrogen-bond donors (Lipinski definition) is 2. The first-order chi connectivity index (χ1) is 8.15. The fourth-order valence-electron chi connectivity index (χ4n) is 3.23. The van der Waals surface area contributed by atoms with Crippen LogP contribution in [0.25, 0.3) is 0 Å². The molecule has 2 rings (SSSR count). The first-order valence-electron chi connectivity index (χ1n) is 6.85. The van der Waals surface area contributed by atoms with E-state index in [-0.39, 0.29) is 12.0 Å². The molecule has 0 aromatic heterocycles. The van der Waals surface area contributed by atoms with Gasteiger partial charge in [-0.2, -0.15) is 0 Å². The summed E-state index contributed by atoms with van der Waals surface area (Å²) in [5.41, 5.74) is 5.24. The van der Waals surface area contributed by atoms with Crippen LogP contribution in [0.1, 0.15) is 44.9 Å². The number of nitrogens with two attached hydrogens (primary N) is 1. The van der Waals surface area contributed by atoms with Crippen LogP contribution < -0.4 is 5.73 Å². The van der Waals surface area contributed by atoms with E-state index in [9.17, 15) is 9.90 Å². The van der Waals surface area contributed by atoms with Crippen molar-refractivity contribution in [2.24, 2.45) is 11.7 Å². The third-order valence-corrected chi connectivity index (χ3v) is 4.32. The van der Waals surface area contributed by atoms with Gasteiger partial charge in [0.15, 0.2) is 0 Å². The van der Waals surface area contributed by atoms with Crippen LogP contribution in [-0.4, -0.2) is 41.1 Å². The summed E-state index contributed by atoms with van der Waals surface area (Å²) in [6.45, 7) is 2.19. The minimum atomic E-state index is -0.163. The lowest BCUT2D eigenvalue weighted by Gasteiger charge is -2.40. The average molecular weight is 240 g/mol. The van der Waals surface area contributed by atoms with Crippen LogP contribution in [0.2, 0.25) is 0 Å². The molecule has 0 atom stereocenters. The first-order valence-corrected chi connectivity index (χ1v) is 6.85. The van der Waals surface area contributed by atoms with Gasteiger partial charge in [-0.15, -0.1) is 0 Å². The molecule has 0 bridgehead atoms. The molecule has 1 heterocycles. The second kappa shape index (κ2) is 5.83. The number of aliphatic hydroxyl groups is 1. The molecule has 17 heavy (non-hydrogen) atoms. The standard InChI is InChI=1S/C13H24N2O2/c14-13(17)9-10-5-7-15(8-6-10)11-1-3-12(16)4-2-11/h10-12,16H,1-9H2,(H2,14,17). The van der Waals surface area contributed by atoms with E-state index in [4.69, 9.17) is 5.73 Å². The molecule has 0 aromatic rings. The maximum absolute atomic E-state index is 10.9. The molecule has 1 aliphatic heterocycles. The molecular formula is C13H24N2O2. The molecule has 4 nitrogen and oxygen atoms in total. The van der Waals surface area contributed by atoms with Crippen LogP contribution in [0.5, 0.6) is 0 Å². The molecule has 2 aliphatic rings. The van der Waals surface area contributed by atoms with Crippen molar-refractivity contribution >= 4 is 5.91 Å². The van der Waals surface area contributed by atoms with Crippen LogP contribution in [-0.2, 0) is 4.79 Å². The highest BCUT2D eigenvalue weighted by atomic mass is 16.3. The van der Waals surface area contributed by atoms with E-state index in [0.29, 0.717) is 18.4 Å². The summed E-state index contributed by atoms with van der Waals surface area (Å²) in [7, 11) is 0. The van der Waals surface area contributed by atoms with Gasteiger partial charge in [0.1, 0.15) is 0 Å². The molecule has 1 saturated carbocycles. The van der Waals surface area contributed by atoms with Gasteiger partial charge in [-0.3, -0.25) is 4.79 Å². The molecule has 0 radical (unpaired) electrons. The highest BCUT2D eigenvalue weighted by Crippen LogP contribution is 2.28. The predicted molar refractivity (Wildman–Crippen MR) is 66.4 cm³/mol. The number of carbonyl (C=O) groups is 1. The van der Waals surface area contributed by atoms with Gasteiger partial charge in [-0.05, 0) is 57.5 Å². The summed E-state index contributed by atoms with van der Waals surface area (Å²) in [6, 6.07) is 0.660. The number of hydrogen-bond acceptors (Lipinski definition) is 3. The summed E-state index contributed by atoms with van der Waals surface area (Å²) in [5, 5.41) is 9.50. The minimum Gasteiger partial charge on any atom is -0.393 e. The van der Waals surface area contributed by atoms with Crippen LogP contribution in [0.4, 0.5) is 0 Å². The molecule has 1 aliphatic carbocycles. The summed E-state index contributed by atoms with van der Waals surface area (Å²) in [5.74, 6) is 0.335. The van der Waals surface area contributed by atoms with E-state index in [1.165, 1.54) is 0 Å². The Morgan fingerprint density at radius 1 is 1.12 bits per heavy atom. The topological polar surface area (TPSA) is 66.6 Å². The number of carbonyl (C=O) groups excluding carboxylic acids is 1. The highest BCUT2D eigenvalue weighted by molar-refractivity contribution is 5.73. The molecule has 1 amide bonds. The number of likely N-dealkylation sites (tertiary alicyclic amines) is 1. The number of primary amides is 1. The van der Waals surface area contributed by atoms with Crippen molar-refractivity contribution in [3.8, 4) is 0 Å². The molecular weight excluding hydrogens is 216 g/mol. The minimum absolute atomic E-state index is 0.0707. The predicted octanol–water partition coefficient (Wildman–Crippen LogP) is 0.877. The number of piperidine rings is 1. The lowest BCUT2D eigenvalue weighted by atomic mass is 9.88. The number of rotatable bonds is 3. The molecule has 2 fully saturated rings. The number of aliphatic hydroxyl groups excluding tert-OH is 1. The van der Waals surface area contributed by atoms with Gasteiger partial charge in [-0.25, -0.2) is 0 Å². The fraction of sp³-hybridized carbons (Fsp3) is 0.923. The van der Waals surface area contributed by atoms with Crippen molar-refractivity contribution < 1.29 is 9.90 Å². The lowest BCUT2D eigenvalue weighted by molar-refractivity contribution is -0.119. The zero-order valence-corrected chi connectivity index (χ0v) is 10.5. The number of nitrogens with zero attached hydrogens (tertiary/aromatic N) is 1. The van der Waals surface area contributed by atoms with E-state index in [1.807, 2.05) is 0 Å². The van der Waals surface area contributed by atoms with E-state index in [0.717, 1.165) is 51.6 Å². The van der Waals surface area contributed by atoms with Gasteiger partial charge in [-0.1, -0.05) is 0 Å². The van der Waals surface area contributed by atoms with Crippen molar-refractivity contribution in [2.45, 2.75) is 57.1 Å². The highest BCUT2D eigenvalue weighted by Gasteiger charge is 2.28.